The van der Waals surface area contributed by atoms with Crippen molar-refractivity contribution >= 4 is 9.84 Å². The van der Waals surface area contributed by atoms with Gasteiger partial charge in [0.2, 0.25) is 0 Å². The smallest absolute Gasteiger partial charge is 0.310 e. The number of hydrogen-bond donors (Lipinski definition) is 1. The molecule has 0 aliphatic rings. The summed E-state index contributed by atoms with van der Waals surface area (Å²) in [6.45, 7) is 2.23. The van der Waals surface area contributed by atoms with Gasteiger partial charge in [-0.05, 0) is 24.6 Å². The Balaban J connectivity index is 3.09. The average Bonchev–Trinajstić information content (AvgIpc) is 2.32. The summed E-state index contributed by atoms with van der Waals surface area (Å²) in [4.78, 5) is 0. The van der Waals surface area contributed by atoms with Crippen molar-refractivity contribution in [2.24, 2.45) is 0 Å². The first-order chi connectivity index (χ1) is 9.15. The zero-order valence-electron chi connectivity index (χ0n) is 11.4. The van der Waals surface area contributed by atoms with Gasteiger partial charge in [0.05, 0.1) is 11.3 Å². The van der Waals surface area contributed by atoms with Crippen LogP contribution in [0.5, 0.6) is 0 Å². The molecule has 0 aliphatic carbocycles. The molecule has 1 unspecified atom stereocenters. The van der Waals surface area contributed by atoms with E-state index in [1.165, 1.54) is 18.2 Å². The van der Waals surface area contributed by atoms with E-state index in [1.54, 1.807) is 6.92 Å². The highest BCUT2D eigenvalue weighted by Crippen LogP contribution is 2.35. The number of halogens is 3. The van der Waals surface area contributed by atoms with E-state index >= 15 is 0 Å². The van der Waals surface area contributed by atoms with E-state index in [0.29, 0.717) is 6.54 Å². The highest BCUT2D eigenvalue weighted by molar-refractivity contribution is 7.90. The van der Waals surface area contributed by atoms with E-state index in [4.69, 9.17) is 0 Å². The lowest BCUT2D eigenvalue weighted by atomic mass is 9.98. The number of benzene rings is 1. The van der Waals surface area contributed by atoms with E-state index in [0.717, 1.165) is 12.3 Å². The normalized spacial score (nSPS) is 14.2. The Morgan fingerprint density at radius 3 is 2.35 bits per heavy atom. The van der Waals surface area contributed by atoms with Crippen molar-refractivity contribution in [2.45, 2.75) is 25.6 Å². The van der Waals surface area contributed by atoms with Crippen LogP contribution >= 0.6 is 0 Å². The molecule has 0 heterocycles. The summed E-state index contributed by atoms with van der Waals surface area (Å²) in [5.41, 5.74) is -0.634. The van der Waals surface area contributed by atoms with Gasteiger partial charge in [0.25, 0.3) is 0 Å². The Kier molecular flexibility index (Phi) is 5.59. The maximum Gasteiger partial charge on any atom is 0.416 e. The van der Waals surface area contributed by atoms with E-state index in [2.05, 4.69) is 5.32 Å². The van der Waals surface area contributed by atoms with Crippen LogP contribution in [0.2, 0.25) is 0 Å². The first-order valence-corrected chi connectivity index (χ1v) is 8.28. The first-order valence-electron chi connectivity index (χ1n) is 6.22. The maximum absolute atomic E-state index is 13.0. The van der Waals surface area contributed by atoms with Gasteiger partial charge in [-0.15, -0.1) is 0 Å². The number of hydrogen-bond acceptors (Lipinski definition) is 3. The molecule has 1 rings (SSSR count). The molecule has 3 nitrogen and oxygen atoms in total. The van der Waals surface area contributed by atoms with Gasteiger partial charge < -0.3 is 5.32 Å². The standard InChI is InChI=1S/C13H18F3NO2S/c1-3-17-12(8-9-20(2,18)19)10-6-4-5-7-11(10)13(14,15)16/h4-7,12,17H,3,8-9H2,1-2H3. The second kappa shape index (κ2) is 6.58. The maximum atomic E-state index is 13.0. The van der Waals surface area contributed by atoms with Crippen LogP contribution in [-0.4, -0.2) is 27.0 Å². The summed E-state index contributed by atoms with van der Waals surface area (Å²) in [5.74, 6) is -0.156. The van der Waals surface area contributed by atoms with Crippen molar-refractivity contribution in [2.75, 3.05) is 18.6 Å². The summed E-state index contributed by atoms with van der Waals surface area (Å²) in [6, 6.07) is 4.62. The van der Waals surface area contributed by atoms with Gasteiger partial charge in [-0.25, -0.2) is 8.42 Å². The third-order valence-corrected chi connectivity index (χ3v) is 3.85. The van der Waals surface area contributed by atoms with Crippen LogP contribution in [0.3, 0.4) is 0 Å². The van der Waals surface area contributed by atoms with E-state index in [1.807, 2.05) is 0 Å². The number of rotatable bonds is 6. The molecule has 0 spiro atoms. The fourth-order valence-electron chi connectivity index (χ4n) is 2.00. The molecule has 0 saturated heterocycles. The number of nitrogens with one attached hydrogen (secondary N) is 1. The molecule has 1 aromatic carbocycles. The van der Waals surface area contributed by atoms with Gasteiger partial charge in [0.15, 0.2) is 0 Å². The zero-order chi connectivity index (χ0) is 15.4. The highest BCUT2D eigenvalue weighted by Gasteiger charge is 2.34. The molecule has 0 fully saturated rings. The summed E-state index contributed by atoms with van der Waals surface area (Å²) in [5, 5.41) is 2.92. The summed E-state index contributed by atoms with van der Waals surface area (Å²) in [6.07, 6.45) is -3.26. The second-order valence-corrected chi connectivity index (χ2v) is 6.87. The van der Waals surface area contributed by atoms with Crippen LogP contribution in [0.1, 0.15) is 30.5 Å². The van der Waals surface area contributed by atoms with Crippen molar-refractivity contribution in [3.8, 4) is 0 Å². The van der Waals surface area contributed by atoms with Gasteiger partial charge in [0, 0.05) is 12.3 Å². The van der Waals surface area contributed by atoms with Gasteiger partial charge >= 0.3 is 6.18 Å². The minimum atomic E-state index is -4.45. The minimum absolute atomic E-state index is 0.0884. The van der Waals surface area contributed by atoms with Crippen LogP contribution in [0, 0.1) is 0 Å². The molecular weight excluding hydrogens is 291 g/mol. The zero-order valence-corrected chi connectivity index (χ0v) is 12.2. The SMILES string of the molecule is CCNC(CCS(C)(=O)=O)c1ccccc1C(F)(F)F. The molecule has 7 heteroatoms. The Morgan fingerprint density at radius 1 is 1.25 bits per heavy atom. The molecule has 114 valence electrons. The lowest BCUT2D eigenvalue weighted by Gasteiger charge is -2.22. The van der Waals surface area contributed by atoms with E-state index in [9.17, 15) is 21.6 Å². The predicted molar refractivity (Wildman–Crippen MR) is 72.2 cm³/mol. The van der Waals surface area contributed by atoms with Crippen molar-refractivity contribution < 1.29 is 21.6 Å². The molecule has 1 aromatic rings. The lowest BCUT2D eigenvalue weighted by molar-refractivity contribution is -0.138. The fraction of sp³-hybridized carbons (Fsp3) is 0.538. The van der Waals surface area contributed by atoms with Crippen molar-refractivity contribution in [3.05, 3.63) is 35.4 Å². The van der Waals surface area contributed by atoms with Crippen LogP contribution in [-0.2, 0) is 16.0 Å². The Labute approximate surface area is 117 Å². The molecule has 1 atom stereocenters. The lowest BCUT2D eigenvalue weighted by Crippen LogP contribution is -2.26. The minimum Gasteiger partial charge on any atom is -0.310 e. The monoisotopic (exact) mass is 309 g/mol. The van der Waals surface area contributed by atoms with Crippen LogP contribution in [0.4, 0.5) is 13.2 Å². The van der Waals surface area contributed by atoms with Gasteiger partial charge in [-0.1, -0.05) is 25.1 Å². The van der Waals surface area contributed by atoms with Crippen LogP contribution in [0.15, 0.2) is 24.3 Å². The third-order valence-electron chi connectivity index (χ3n) is 2.87. The largest absolute Gasteiger partial charge is 0.416 e. The van der Waals surface area contributed by atoms with Gasteiger partial charge in [-0.3, -0.25) is 0 Å². The first kappa shape index (κ1) is 17.0. The number of sulfone groups is 1. The van der Waals surface area contributed by atoms with Crippen LogP contribution in [0.25, 0.3) is 0 Å². The fourth-order valence-corrected chi connectivity index (χ4v) is 2.67. The molecule has 1 N–H and O–H groups in total. The molecule has 20 heavy (non-hydrogen) atoms. The third kappa shape index (κ3) is 5.13. The molecule has 0 aromatic heterocycles. The Morgan fingerprint density at radius 2 is 1.85 bits per heavy atom. The molecular formula is C13H18F3NO2S. The second-order valence-electron chi connectivity index (χ2n) is 4.61. The molecule has 0 aliphatic heterocycles. The topological polar surface area (TPSA) is 46.2 Å². The predicted octanol–water partition coefficient (Wildman–Crippen LogP) is 2.79. The summed E-state index contributed by atoms with van der Waals surface area (Å²) in [7, 11) is -3.22. The molecule has 0 radical (unpaired) electrons. The van der Waals surface area contributed by atoms with Gasteiger partial charge in [-0.2, -0.15) is 13.2 Å². The van der Waals surface area contributed by atoms with Gasteiger partial charge in [0.1, 0.15) is 9.84 Å². The highest BCUT2D eigenvalue weighted by atomic mass is 32.2. The van der Waals surface area contributed by atoms with Crippen molar-refractivity contribution in [3.63, 3.8) is 0 Å². The summed E-state index contributed by atoms with van der Waals surface area (Å²) < 4.78 is 61.3. The molecule has 0 saturated carbocycles. The van der Waals surface area contributed by atoms with E-state index < -0.39 is 27.6 Å². The van der Waals surface area contributed by atoms with E-state index in [-0.39, 0.29) is 17.7 Å². The Bertz CT molecular complexity index is 541. The molecule has 0 amide bonds. The van der Waals surface area contributed by atoms with Crippen molar-refractivity contribution in [1.82, 2.24) is 5.32 Å². The van der Waals surface area contributed by atoms with Crippen molar-refractivity contribution in [1.29, 1.82) is 0 Å². The quantitative estimate of drug-likeness (QED) is 0.879. The molecule has 0 bridgehead atoms. The van der Waals surface area contributed by atoms with Crippen LogP contribution < -0.4 is 5.32 Å². The average molecular weight is 309 g/mol. The Hall–Kier alpha value is -1.08. The number of alkyl halides is 3. The summed E-state index contributed by atoms with van der Waals surface area (Å²) >= 11 is 0.